The summed E-state index contributed by atoms with van der Waals surface area (Å²) < 4.78 is 11.8. The number of hydrogen-bond donors (Lipinski definition) is 1. The zero-order valence-electron chi connectivity index (χ0n) is 17.2. The standard InChI is InChI=1S/C23H23N3O5/c1-30-17-10-8-16(9-11-17)26-20-5-3-2-4-18(20)25-19(23(26)29)12-13-22(28)31-14-21(27)24-15-6-7-15/h2-5,8-11,15H,6-7,12-14H2,1H3,(H,24,27). The van der Waals surface area contributed by atoms with Crippen LogP contribution in [0.1, 0.15) is 25.0 Å². The van der Waals surface area contributed by atoms with Gasteiger partial charge in [-0.05, 0) is 49.2 Å². The Bertz CT molecular complexity index is 1170. The van der Waals surface area contributed by atoms with E-state index in [0.717, 1.165) is 12.8 Å². The maximum Gasteiger partial charge on any atom is 0.306 e. The van der Waals surface area contributed by atoms with Crippen LogP contribution in [-0.4, -0.2) is 41.2 Å². The summed E-state index contributed by atoms with van der Waals surface area (Å²) >= 11 is 0. The van der Waals surface area contributed by atoms with Crippen LogP contribution in [0.25, 0.3) is 16.7 Å². The van der Waals surface area contributed by atoms with E-state index in [2.05, 4.69) is 10.3 Å². The first-order chi connectivity index (χ1) is 15.0. The highest BCUT2D eigenvalue weighted by atomic mass is 16.5. The molecule has 1 aliphatic carbocycles. The lowest BCUT2D eigenvalue weighted by molar-refractivity contribution is -0.148. The van der Waals surface area contributed by atoms with Crippen LogP contribution in [0.5, 0.6) is 5.75 Å². The zero-order valence-corrected chi connectivity index (χ0v) is 17.2. The third-order valence-corrected chi connectivity index (χ3v) is 5.03. The van der Waals surface area contributed by atoms with Gasteiger partial charge in [-0.3, -0.25) is 19.0 Å². The number of methoxy groups -OCH3 is 1. The maximum absolute atomic E-state index is 13.2. The smallest absolute Gasteiger partial charge is 0.306 e. The molecule has 3 aromatic rings. The number of nitrogens with zero attached hydrogens (tertiary/aromatic N) is 2. The number of ether oxygens (including phenoxy) is 2. The molecule has 0 unspecified atom stereocenters. The normalized spacial score (nSPS) is 13.1. The first-order valence-electron chi connectivity index (χ1n) is 10.2. The van der Waals surface area contributed by atoms with Crippen molar-refractivity contribution >= 4 is 22.9 Å². The lowest BCUT2D eigenvalue weighted by Gasteiger charge is -2.13. The second-order valence-electron chi connectivity index (χ2n) is 7.39. The Kier molecular flexibility index (Phi) is 5.97. The first kappa shape index (κ1) is 20.6. The molecule has 0 aliphatic heterocycles. The summed E-state index contributed by atoms with van der Waals surface area (Å²) in [7, 11) is 1.58. The van der Waals surface area contributed by atoms with Crippen molar-refractivity contribution in [2.24, 2.45) is 0 Å². The number of esters is 1. The van der Waals surface area contributed by atoms with E-state index in [9.17, 15) is 14.4 Å². The van der Waals surface area contributed by atoms with Crippen molar-refractivity contribution < 1.29 is 19.1 Å². The largest absolute Gasteiger partial charge is 0.497 e. The van der Waals surface area contributed by atoms with Crippen molar-refractivity contribution in [2.75, 3.05) is 13.7 Å². The SMILES string of the molecule is COc1ccc(-n2c(=O)c(CCC(=O)OCC(=O)NC3CC3)nc3ccccc32)cc1. The lowest BCUT2D eigenvalue weighted by atomic mass is 10.2. The Morgan fingerprint density at radius 3 is 2.58 bits per heavy atom. The van der Waals surface area contributed by atoms with Crippen LogP contribution in [0.4, 0.5) is 0 Å². The van der Waals surface area contributed by atoms with Gasteiger partial charge in [0.15, 0.2) is 6.61 Å². The zero-order chi connectivity index (χ0) is 21.8. The molecule has 1 amide bonds. The van der Waals surface area contributed by atoms with Crippen molar-refractivity contribution in [3.8, 4) is 11.4 Å². The van der Waals surface area contributed by atoms with E-state index in [1.165, 1.54) is 0 Å². The molecule has 1 aliphatic rings. The number of hydrogen-bond acceptors (Lipinski definition) is 6. The summed E-state index contributed by atoms with van der Waals surface area (Å²) in [6, 6.07) is 14.7. The van der Waals surface area contributed by atoms with Gasteiger partial charge in [0.05, 0.1) is 24.6 Å². The van der Waals surface area contributed by atoms with Gasteiger partial charge in [0.25, 0.3) is 11.5 Å². The number of rotatable bonds is 8. The van der Waals surface area contributed by atoms with Crippen LogP contribution < -0.4 is 15.6 Å². The van der Waals surface area contributed by atoms with E-state index in [1.807, 2.05) is 24.3 Å². The fourth-order valence-corrected chi connectivity index (χ4v) is 3.27. The third kappa shape index (κ3) is 4.91. The number of aromatic nitrogens is 2. The Morgan fingerprint density at radius 2 is 1.87 bits per heavy atom. The Balaban J connectivity index is 1.53. The fourth-order valence-electron chi connectivity index (χ4n) is 3.27. The summed E-state index contributed by atoms with van der Waals surface area (Å²) in [6.07, 6.45) is 2.00. The van der Waals surface area contributed by atoms with Crippen molar-refractivity contribution in [1.29, 1.82) is 0 Å². The second-order valence-corrected chi connectivity index (χ2v) is 7.39. The van der Waals surface area contributed by atoms with E-state index in [1.54, 1.807) is 35.9 Å². The van der Waals surface area contributed by atoms with E-state index in [0.29, 0.717) is 22.5 Å². The predicted octanol–water partition coefficient (Wildman–Crippen LogP) is 2.15. The average molecular weight is 421 g/mol. The topological polar surface area (TPSA) is 99.5 Å². The Morgan fingerprint density at radius 1 is 1.13 bits per heavy atom. The molecule has 1 saturated carbocycles. The highest BCUT2D eigenvalue weighted by Gasteiger charge is 2.23. The molecule has 1 aromatic heterocycles. The summed E-state index contributed by atoms with van der Waals surface area (Å²) in [5, 5.41) is 2.76. The molecule has 0 atom stereocenters. The number of carbonyl (C=O) groups excluding carboxylic acids is 2. The van der Waals surface area contributed by atoms with Gasteiger partial charge in [0.1, 0.15) is 11.4 Å². The highest BCUT2D eigenvalue weighted by Crippen LogP contribution is 2.19. The summed E-state index contributed by atoms with van der Waals surface area (Å²) in [4.78, 5) is 41.4. The molecular weight excluding hydrogens is 398 g/mol. The molecule has 0 bridgehead atoms. The van der Waals surface area contributed by atoms with E-state index in [-0.39, 0.29) is 42.7 Å². The van der Waals surface area contributed by atoms with Gasteiger partial charge >= 0.3 is 5.97 Å². The molecule has 160 valence electrons. The number of fused-ring (bicyclic) bond motifs is 1. The van der Waals surface area contributed by atoms with Crippen LogP contribution in [0.2, 0.25) is 0 Å². The minimum atomic E-state index is -0.545. The number of amides is 1. The van der Waals surface area contributed by atoms with Gasteiger partial charge in [-0.1, -0.05) is 12.1 Å². The van der Waals surface area contributed by atoms with Gasteiger partial charge in [-0.25, -0.2) is 4.98 Å². The lowest BCUT2D eigenvalue weighted by Crippen LogP contribution is -2.30. The number of nitrogens with one attached hydrogen (secondary N) is 1. The molecule has 8 nitrogen and oxygen atoms in total. The molecule has 1 heterocycles. The minimum Gasteiger partial charge on any atom is -0.497 e. The first-order valence-corrected chi connectivity index (χ1v) is 10.2. The van der Waals surface area contributed by atoms with Crippen LogP contribution in [-0.2, 0) is 20.7 Å². The molecule has 1 N–H and O–H groups in total. The molecular formula is C23H23N3O5. The van der Waals surface area contributed by atoms with E-state index < -0.39 is 5.97 Å². The summed E-state index contributed by atoms with van der Waals surface area (Å²) in [5.74, 6) is -0.165. The fraction of sp³-hybridized carbons (Fsp3) is 0.304. The van der Waals surface area contributed by atoms with E-state index in [4.69, 9.17) is 9.47 Å². The summed E-state index contributed by atoms with van der Waals surface area (Å²) in [5.41, 5.74) is 1.94. The van der Waals surface area contributed by atoms with E-state index >= 15 is 0 Å². The van der Waals surface area contributed by atoms with Crippen molar-refractivity contribution in [3.05, 3.63) is 64.6 Å². The molecule has 2 aromatic carbocycles. The number of para-hydroxylation sites is 2. The predicted molar refractivity (Wildman–Crippen MR) is 114 cm³/mol. The Labute approximate surface area is 178 Å². The molecule has 1 fully saturated rings. The number of carbonyl (C=O) groups is 2. The van der Waals surface area contributed by atoms with Crippen molar-refractivity contribution in [2.45, 2.75) is 31.7 Å². The second kappa shape index (κ2) is 8.99. The molecule has 31 heavy (non-hydrogen) atoms. The Hall–Kier alpha value is -3.68. The number of aryl methyl sites for hydroxylation is 1. The third-order valence-electron chi connectivity index (χ3n) is 5.03. The molecule has 0 saturated heterocycles. The van der Waals surface area contributed by atoms with Gasteiger partial charge < -0.3 is 14.8 Å². The summed E-state index contributed by atoms with van der Waals surface area (Å²) in [6.45, 7) is -0.309. The quantitative estimate of drug-likeness (QED) is 0.560. The van der Waals surface area contributed by atoms with Gasteiger partial charge in [0, 0.05) is 18.2 Å². The minimum absolute atomic E-state index is 0.0418. The van der Waals surface area contributed by atoms with Gasteiger partial charge in [-0.2, -0.15) is 0 Å². The highest BCUT2D eigenvalue weighted by molar-refractivity contribution is 5.81. The monoisotopic (exact) mass is 421 g/mol. The molecule has 4 rings (SSSR count). The molecule has 8 heteroatoms. The average Bonchev–Trinajstić information content (AvgIpc) is 3.60. The van der Waals surface area contributed by atoms with Gasteiger partial charge in [0.2, 0.25) is 0 Å². The molecule has 0 spiro atoms. The van der Waals surface area contributed by atoms with Gasteiger partial charge in [-0.15, -0.1) is 0 Å². The number of benzene rings is 2. The van der Waals surface area contributed by atoms with Crippen molar-refractivity contribution in [3.63, 3.8) is 0 Å². The van der Waals surface area contributed by atoms with Crippen LogP contribution in [0.15, 0.2) is 53.3 Å². The molecule has 0 radical (unpaired) electrons. The van der Waals surface area contributed by atoms with Crippen molar-refractivity contribution in [1.82, 2.24) is 14.9 Å². The van der Waals surface area contributed by atoms with Crippen LogP contribution in [0, 0.1) is 0 Å². The maximum atomic E-state index is 13.2. The van der Waals surface area contributed by atoms with Crippen LogP contribution in [0.3, 0.4) is 0 Å². The van der Waals surface area contributed by atoms with Crippen LogP contribution >= 0.6 is 0 Å².